The highest BCUT2D eigenvalue weighted by Gasteiger charge is 2.34. The Balaban J connectivity index is 1.64. The van der Waals surface area contributed by atoms with Crippen LogP contribution in [0.3, 0.4) is 0 Å². The molecule has 1 atom stereocenters. The van der Waals surface area contributed by atoms with E-state index in [4.69, 9.17) is 13.6 Å². The molecule has 0 bridgehead atoms. The molecule has 3 aromatic rings. The lowest BCUT2D eigenvalue weighted by molar-refractivity contribution is -0.0121. The maximum atomic E-state index is 13.0. The van der Waals surface area contributed by atoms with Gasteiger partial charge in [-0.1, -0.05) is 32.0 Å². The second-order valence-electron chi connectivity index (χ2n) is 6.37. The predicted molar refractivity (Wildman–Crippen MR) is 89.2 cm³/mol. The number of carbonyl (C=O) groups is 1. The van der Waals surface area contributed by atoms with Crippen molar-refractivity contribution in [1.82, 2.24) is 15.1 Å². The van der Waals surface area contributed by atoms with Gasteiger partial charge in [0.15, 0.2) is 5.76 Å². The molecule has 1 aromatic carbocycles. The SMILES string of the molecule is CC(C)c1nnc([C@H]2COCCN2C(=O)c2cc3ccccc3o2)o1. The Morgan fingerprint density at radius 1 is 1.24 bits per heavy atom. The summed E-state index contributed by atoms with van der Waals surface area (Å²) in [7, 11) is 0. The van der Waals surface area contributed by atoms with Crippen LogP contribution in [0.25, 0.3) is 11.0 Å². The van der Waals surface area contributed by atoms with Gasteiger partial charge in [0.25, 0.3) is 5.91 Å². The highest BCUT2D eigenvalue weighted by molar-refractivity contribution is 5.96. The first-order valence-electron chi connectivity index (χ1n) is 8.34. The van der Waals surface area contributed by atoms with Gasteiger partial charge in [-0.15, -0.1) is 10.2 Å². The highest BCUT2D eigenvalue weighted by Crippen LogP contribution is 2.28. The molecule has 0 N–H and O–H groups in total. The molecular formula is C18H19N3O4. The van der Waals surface area contributed by atoms with Gasteiger partial charge in [-0.05, 0) is 12.1 Å². The lowest BCUT2D eigenvalue weighted by Crippen LogP contribution is -2.43. The lowest BCUT2D eigenvalue weighted by atomic mass is 10.2. The molecule has 4 rings (SSSR count). The standard InChI is InChI=1S/C18H19N3O4/c1-11(2)16-19-20-17(25-16)13-10-23-8-7-21(13)18(22)15-9-12-5-3-4-6-14(12)24-15/h3-6,9,11,13H,7-8,10H2,1-2H3/t13-/m1/s1. The van der Waals surface area contributed by atoms with Crippen molar-refractivity contribution in [2.45, 2.75) is 25.8 Å². The van der Waals surface area contributed by atoms with Crippen molar-refractivity contribution in [3.05, 3.63) is 47.9 Å². The molecule has 1 saturated heterocycles. The van der Waals surface area contributed by atoms with E-state index < -0.39 is 6.04 Å². The molecule has 0 saturated carbocycles. The zero-order valence-electron chi connectivity index (χ0n) is 14.1. The number of rotatable bonds is 3. The second kappa shape index (κ2) is 6.33. The number of carbonyl (C=O) groups excluding carboxylic acids is 1. The Labute approximate surface area is 144 Å². The normalized spacial score (nSPS) is 18.2. The van der Waals surface area contributed by atoms with Crippen LogP contribution < -0.4 is 0 Å². The van der Waals surface area contributed by atoms with E-state index in [1.54, 1.807) is 11.0 Å². The van der Waals surface area contributed by atoms with Crippen LogP contribution in [-0.2, 0) is 4.74 Å². The third kappa shape index (κ3) is 2.91. The van der Waals surface area contributed by atoms with Gasteiger partial charge in [0.2, 0.25) is 11.8 Å². The number of fused-ring (bicyclic) bond motifs is 1. The van der Waals surface area contributed by atoms with Crippen LogP contribution in [-0.4, -0.2) is 40.8 Å². The number of nitrogens with zero attached hydrogens (tertiary/aromatic N) is 3. The Morgan fingerprint density at radius 2 is 2.08 bits per heavy atom. The summed E-state index contributed by atoms with van der Waals surface area (Å²) in [5.41, 5.74) is 0.690. The molecule has 0 unspecified atom stereocenters. The third-order valence-corrected chi connectivity index (χ3v) is 4.26. The number of aromatic nitrogens is 2. The van der Waals surface area contributed by atoms with E-state index in [-0.39, 0.29) is 11.8 Å². The molecule has 1 aliphatic heterocycles. The first kappa shape index (κ1) is 15.8. The van der Waals surface area contributed by atoms with Crippen molar-refractivity contribution < 1.29 is 18.4 Å². The zero-order valence-corrected chi connectivity index (χ0v) is 14.1. The number of furan rings is 1. The van der Waals surface area contributed by atoms with E-state index >= 15 is 0 Å². The summed E-state index contributed by atoms with van der Waals surface area (Å²) in [6, 6.07) is 8.90. The Hall–Kier alpha value is -2.67. The number of amides is 1. The molecule has 7 heteroatoms. The van der Waals surface area contributed by atoms with Crippen LogP contribution in [0.15, 0.2) is 39.2 Å². The Morgan fingerprint density at radius 3 is 2.84 bits per heavy atom. The molecule has 2 aromatic heterocycles. The summed E-state index contributed by atoms with van der Waals surface area (Å²) in [6.07, 6.45) is 0. The van der Waals surface area contributed by atoms with E-state index in [1.807, 2.05) is 38.1 Å². The molecule has 25 heavy (non-hydrogen) atoms. The van der Waals surface area contributed by atoms with E-state index in [0.717, 1.165) is 5.39 Å². The summed E-state index contributed by atoms with van der Waals surface area (Å²) in [6.45, 7) is 5.19. The van der Waals surface area contributed by atoms with Gasteiger partial charge in [0.1, 0.15) is 11.6 Å². The molecule has 3 heterocycles. The smallest absolute Gasteiger partial charge is 0.290 e. The monoisotopic (exact) mass is 341 g/mol. The average molecular weight is 341 g/mol. The zero-order chi connectivity index (χ0) is 17.4. The summed E-state index contributed by atoms with van der Waals surface area (Å²) < 4.78 is 17.0. The van der Waals surface area contributed by atoms with Gasteiger partial charge in [0, 0.05) is 17.8 Å². The van der Waals surface area contributed by atoms with Crippen molar-refractivity contribution >= 4 is 16.9 Å². The van der Waals surface area contributed by atoms with E-state index in [9.17, 15) is 4.79 Å². The quantitative estimate of drug-likeness (QED) is 0.728. The lowest BCUT2D eigenvalue weighted by Gasteiger charge is -2.32. The fourth-order valence-corrected chi connectivity index (χ4v) is 2.89. The van der Waals surface area contributed by atoms with Crippen molar-refractivity contribution in [2.75, 3.05) is 19.8 Å². The minimum absolute atomic E-state index is 0.130. The topological polar surface area (TPSA) is 81.6 Å². The maximum Gasteiger partial charge on any atom is 0.290 e. The summed E-state index contributed by atoms with van der Waals surface area (Å²) in [4.78, 5) is 14.7. The fraction of sp³-hybridized carbons (Fsp3) is 0.389. The van der Waals surface area contributed by atoms with E-state index in [2.05, 4.69) is 10.2 Å². The van der Waals surface area contributed by atoms with Crippen LogP contribution in [0.1, 0.15) is 48.1 Å². The summed E-state index contributed by atoms with van der Waals surface area (Å²) in [5.74, 6) is 1.18. The Bertz CT molecular complexity index is 866. The van der Waals surface area contributed by atoms with Crippen molar-refractivity contribution in [1.29, 1.82) is 0 Å². The third-order valence-electron chi connectivity index (χ3n) is 4.26. The van der Waals surface area contributed by atoms with E-state index in [1.165, 1.54) is 0 Å². The highest BCUT2D eigenvalue weighted by atomic mass is 16.5. The van der Waals surface area contributed by atoms with Gasteiger partial charge in [-0.3, -0.25) is 4.79 Å². The van der Waals surface area contributed by atoms with Crippen molar-refractivity contribution in [2.24, 2.45) is 0 Å². The van der Waals surface area contributed by atoms with Crippen LogP contribution in [0, 0.1) is 0 Å². The molecule has 0 aliphatic carbocycles. The number of morpholine rings is 1. The van der Waals surface area contributed by atoms with Gasteiger partial charge in [-0.25, -0.2) is 0 Å². The predicted octanol–water partition coefficient (Wildman–Crippen LogP) is 3.15. The minimum Gasteiger partial charge on any atom is -0.451 e. The van der Waals surface area contributed by atoms with Crippen molar-refractivity contribution in [3.63, 3.8) is 0 Å². The van der Waals surface area contributed by atoms with Crippen LogP contribution in [0.4, 0.5) is 0 Å². The number of benzene rings is 1. The average Bonchev–Trinajstić information content (AvgIpc) is 3.28. The number of ether oxygens (including phenoxy) is 1. The molecule has 7 nitrogen and oxygen atoms in total. The molecule has 1 aliphatic rings. The molecule has 0 radical (unpaired) electrons. The maximum absolute atomic E-state index is 13.0. The van der Waals surface area contributed by atoms with Crippen LogP contribution in [0.5, 0.6) is 0 Å². The molecule has 0 spiro atoms. The first-order valence-corrected chi connectivity index (χ1v) is 8.34. The number of para-hydroxylation sites is 1. The van der Waals surface area contributed by atoms with Gasteiger partial charge < -0.3 is 18.5 Å². The minimum atomic E-state index is -0.408. The second-order valence-corrected chi connectivity index (χ2v) is 6.37. The molecule has 1 fully saturated rings. The van der Waals surface area contributed by atoms with Crippen LogP contribution in [0.2, 0.25) is 0 Å². The van der Waals surface area contributed by atoms with Gasteiger partial charge in [-0.2, -0.15) is 0 Å². The molecule has 130 valence electrons. The Kier molecular flexibility index (Phi) is 4.01. The largest absolute Gasteiger partial charge is 0.451 e. The van der Waals surface area contributed by atoms with Gasteiger partial charge in [0.05, 0.1) is 13.2 Å². The van der Waals surface area contributed by atoms with E-state index in [0.29, 0.717) is 42.9 Å². The fourth-order valence-electron chi connectivity index (χ4n) is 2.89. The molecule has 1 amide bonds. The van der Waals surface area contributed by atoms with Gasteiger partial charge >= 0.3 is 0 Å². The summed E-state index contributed by atoms with van der Waals surface area (Å²) >= 11 is 0. The number of hydrogen-bond acceptors (Lipinski definition) is 6. The summed E-state index contributed by atoms with van der Waals surface area (Å²) in [5, 5.41) is 9.07. The number of hydrogen-bond donors (Lipinski definition) is 0. The van der Waals surface area contributed by atoms with Crippen LogP contribution >= 0.6 is 0 Å². The first-order chi connectivity index (χ1) is 12.1. The molecular weight excluding hydrogens is 322 g/mol. The van der Waals surface area contributed by atoms with Crippen molar-refractivity contribution in [3.8, 4) is 0 Å².